The van der Waals surface area contributed by atoms with Crippen LogP contribution in [0, 0.1) is 0 Å². The van der Waals surface area contributed by atoms with Crippen LogP contribution in [0.2, 0.25) is 0 Å². The fraction of sp³-hybridized carbons (Fsp3) is 0.750. The maximum atomic E-state index is 9.10. The summed E-state index contributed by atoms with van der Waals surface area (Å²) >= 11 is 0. The summed E-state index contributed by atoms with van der Waals surface area (Å²) in [5, 5.41) is 13.3. The van der Waals surface area contributed by atoms with Gasteiger partial charge in [0.05, 0.1) is 24.9 Å². The Kier molecular flexibility index (Phi) is 2.18. The Morgan fingerprint density at radius 2 is 2.54 bits per heavy atom. The Bertz CT molecular complexity index is 261. The van der Waals surface area contributed by atoms with Gasteiger partial charge in [0.1, 0.15) is 6.67 Å². The number of hydrazone groups is 1. The van der Waals surface area contributed by atoms with Crippen LogP contribution in [0.25, 0.3) is 0 Å². The van der Waals surface area contributed by atoms with E-state index in [0.717, 1.165) is 18.0 Å². The van der Waals surface area contributed by atoms with E-state index in [1.807, 2.05) is 0 Å². The molecule has 0 aliphatic carbocycles. The van der Waals surface area contributed by atoms with Crippen molar-refractivity contribution in [3.8, 4) is 0 Å². The highest BCUT2D eigenvalue weighted by molar-refractivity contribution is 6.41. The van der Waals surface area contributed by atoms with E-state index in [0.29, 0.717) is 13.2 Å². The lowest BCUT2D eigenvalue weighted by Crippen LogP contribution is -2.49. The van der Waals surface area contributed by atoms with E-state index in [1.54, 1.807) is 0 Å². The van der Waals surface area contributed by atoms with Gasteiger partial charge < -0.3 is 10.0 Å². The van der Waals surface area contributed by atoms with Crippen LogP contribution < -0.4 is 5.43 Å². The van der Waals surface area contributed by atoms with Gasteiger partial charge in [-0.2, -0.15) is 5.10 Å². The first-order chi connectivity index (χ1) is 6.36. The van der Waals surface area contributed by atoms with Gasteiger partial charge in [-0.1, -0.05) is 6.92 Å². The van der Waals surface area contributed by atoms with Gasteiger partial charge in [0.15, 0.2) is 5.84 Å². The number of aliphatic hydroxyl groups excluding tert-OH is 1. The van der Waals surface area contributed by atoms with Crippen LogP contribution in [0.3, 0.4) is 0 Å². The van der Waals surface area contributed by atoms with Crippen molar-refractivity contribution in [1.29, 1.82) is 0 Å². The predicted octanol–water partition coefficient (Wildman–Crippen LogP) is -0.612. The lowest BCUT2D eigenvalue weighted by Gasteiger charge is -2.31. The maximum Gasteiger partial charge on any atom is 0.171 e. The Morgan fingerprint density at radius 1 is 1.69 bits per heavy atom. The van der Waals surface area contributed by atoms with Crippen LogP contribution in [0.1, 0.15) is 13.3 Å². The van der Waals surface area contributed by atoms with Crippen LogP contribution in [-0.2, 0) is 0 Å². The lowest BCUT2D eigenvalue weighted by atomic mass is 10.1. The predicted molar refractivity (Wildman–Crippen MR) is 50.7 cm³/mol. The van der Waals surface area contributed by atoms with Crippen molar-refractivity contribution < 1.29 is 5.11 Å². The van der Waals surface area contributed by atoms with E-state index in [-0.39, 0.29) is 12.6 Å². The summed E-state index contributed by atoms with van der Waals surface area (Å²) in [5.74, 6) is 0.910. The van der Waals surface area contributed by atoms with Crippen molar-refractivity contribution in [2.75, 3.05) is 19.8 Å². The molecule has 2 N–H and O–H groups in total. The molecule has 0 amide bonds. The fourth-order valence-electron chi connectivity index (χ4n) is 1.67. The molecule has 0 aromatic heterocycles. The Labute approximate surface area is 77.1 Å². The van der Waals surface area contributed by atoms with Gasteiger partial charge >= 0.3 is 0 Å². The van der Waals surface area contributed by atoms with Crippen LogP contribution >= 0.6 is 0 Å². The van der Waals surface area contributed by atoms with E-state index in [9.17, 15) is 0 Å². The molecular weight excluding hydrogens is 168 g/mol. The van der Waals surface area contributed by atoms with Crippen molar-refractivity contribution in [2.24, 2.45) is 10.1 Å². The van der Waals surface area contributed by atoms with Crippen molar-refractivity contribution in [3.63, 3.8) is 0 Å². The summed E-state index contributed by atoms with van der Waals surface area (Å²) in [5.41, 5.74) is 3.95. The number of nitrogens with zero attached hydrogens (tertiary/aromatic N) is 3. The highest BCUT2D eigenvalue weighted by Gasteiger charge is 2.30. The van der Waals surface area contributed by atoms with Crippen molar-refractivity contribution in [2.45, 2.75) is 19.4 Å². The Morgan fingerprint density at radius 3 is 3.23 bits per heavy atom. The van der Waals surface area contributed by atoms with Gasteiger partial charge in [0.25, 0.3) is 0 Å². The lowest BCUT2D eigenvalue weighted by molar-refractivity contribution is 0.185. The third-order valence-electron chi connectivity index (χ3n) is 2.44. The zero-order valence-electron chi connectivity index (χ0n) is 7.69. The highest BCUT2D eigenvalue weighted by Crippen LogP contribution is 2.13. The molecule has 13 heavy (non-hydrogen) atoms. The molecule has 0 aromatic carbocycles. The summed E-state index contributed by atoms with van der Waals surface area (Å²) in [4.78, 5) is 6.46. The fourth-order valence-corrected chi connectivity index (χ4v) is 1.67. The molecule has 0 radical (unpaired) electrons. The number of fused-ring (bicyclic) bond motifs is 1. The first-order valence-electron chi connectivity index (χ1n) is 4.58. The summed E-state index contributed by atoms with van der Waals surface area (Å²) in [6, 6.07) is 0.101. The molecule has 0 fully saturated rings. The second-order valence-electron chi connectivity index (χ2n) is 3.20. The van der Waals surface area contributed by atoms with E-state index in [2.05, 4.69) is 27.3 Å². The van der Waals surface area contributed by atoms with Crippen LogP contribution in [0.15, 0.2) is 10.1 Å². The Hall–Kier alpha value is -1.10. The average molecular weight is 182 g/mol. The van der Waals surface area contributed by atoms with Gasteiger partial charge in [0, 0.05) is 0 Å². The molecule has 1 unspecified atom stereocenters. The molecular formula is C8H14N4O. The summed E-state index contributed by atoms with van der Waals surface area (Å²) in [6.07, 6.45) is 0.898. The largest absolute Gasteiger partial charge is 0.394 e. The molecule has 5 heteroatoms. The first-order valence-corrected chi connectivity index (χ1v) is 4.58. The molecule has 0 aromatic rings. The quantitative estimate of drug-likeness (QED) is 0.599. The molecule has 0 bridgehead atoms. The monoisotopic (exact) mass is 182 g/mol. The summed E-state index contributed by atoms with van der Waals surface area (Å²) < 4.78 is 0. The number of nitrogens with one attached hydrogen (secondary N) is 1. The van der Waals surface area contributed by atoms with Gasteiger partial charge in [0.2, 0.25) is 0 Å². The van der Waals surface area contributed by atoms with Crippen LogP contribution in [0.5, 0.6) is 0 Å². The molecule has 1 atom stereocenters. The molecule has 2 rings (SSSR count). The Balaban J connectivity index is 2.24. The van der Waals surface area contributed by atoms with Gasteiger partial charge in [-0.15, -0.1) is 0 Å². The van der Waals surface area contributed by atoms with Gasteiger partial charge in [-0.05, 0) is 6.42 Å². The van der Waals surface area contributed by atoms with E-state index >= 15 is 0 Å². The van der Waals surface area contributed by atoms with Crippen molar-refractivity contribution in [1.82, 2.24) is 10.3 Å². The standard InChI is InChI=1S/C8H14N4O/c1-2-7-8-11-10-5-12(8)6(4-13)3-9-7/h6,10,13H,2-5H2,1H3. The molecule has 0 saturated carbocycles. The number of aliphatic imine (C=N–C) groups is 1. The minimum Gasteiger partial charge on any atom is -0.394 e. The van der Waals surface area contributed by atoms with E-state index in [4.69, 9.17) is 5.11 Å². The molecule has 0 saturated heterocycles. The first kappa shape index (κ1) is 8.50. The van der Waals surface area contributed by atoms with Crippen molar-refractivity contribution in [3.05, 3.63) is 0 Å². The molecule has 72 valence electrons. The molecule has 2 aliphatic heterocycles. The van der Waals surface area contributed by atoms with Crippen LogP contribution in [-0.4, -0.2) is 47.4 Å². The highest BCUT2D eigenvalue weighted by atomic mass is 16.3. The average Bonchev–Trinajstić information content (AvgIpc) is 2.64. The number of hydrogen-bond acceptors (Lipinski definition) is 5. The second kappa shape index (κ2) is 3.33. The molecule has 2 heterocycles. The summed E-state index contributed by atoms with van der Waals surface area (Å²) in [6.45, 7) is 3.58. The topological polar surface area (TPSA) is 60.2 Å². The number of amidine groups is 1. The molecule has 2 aliphatic rings. The molecule has 5 nitrogen and oxygen atoms in total. The van der Waals surface area contributed by atoms with E-state index < -0.39 is 0 Å². The zero-order chi connectivity index (χ0) is 9.26. The van der Waals surface area contributed by atoms with Gasteiger partial charge in [-0.25, -0.2) is 0 Å². The minimum absolute atomic E-state index is 0.101. The SMILES string of the molecule is CCC1=NCC(CO)N2CNN=C12. The van der Waals surface area contributed by atoms with Crippen LogP contribution in [0.4, 0.5) is 0 Å². The molecule has 0 spiro atoms. The minimum atomic E-state index is 0.101. The van der Waals surface area contributed by atoms with E-state index in [1.165, 1.54) is 0 Å². The maximum absolute atomic E-state index is 9.10. The summed E-state index contributed by atoms with van der Waals surface area (Å²) in [7, 11) is 0. The number of hydrogen-bond donors (Lipinski definition) is 2. The number of rotatable bonds is 2. The smallest absolute Gasteiger partial charge is 0.171 e. The second-order valence-corrected chi connectivity index (χ2v) is 3.20. The van der Waals surface area contributed by atoms with Crippen molar-refractivity contribution >= 4 is 11.5 Å². The number of aliphatic hydroxyl groups is 1. The third-order valence-corrected chi connectivity index (χ3v) is 2.44. The zero-order valence-corrected chi connectivity index (χ0v) is 7.69. The normalized spacial score (nSPS) is 26.3. The van der Waals surface area contributed by atoms with Gasteiger partial charge in [-0.3, -0.25) is 10.4 Å². The third kappa shape index (κ3) is 1.29.